The molecule has 0 unspecified atom stereocenters. The molecule has 6 nitrogen and oxygen atoms in total. The van der Waals surface area contributed by atoms with E-state index in [4.69, 9.17) is 0 Å². The van der Waals surface area contributed by atoms with Crippen molar-refractivity contribution in [1.29, 1.82) is 0 Å². The van der Waals surface area contributed by atoms with E-state index in [1.165, 1.54) is 0 Å². The van der Waals surface area contributed by atoms with Gasteiger partial charge in [0.05, 0.1) is 0 Å². The Kier molecular flexibility index (Phi) is 6.32. The van der Waals surface area contributed by atoms with E-state index in [1.54, 1.807) is 13.8 Å². The van der Waals surface area contributed by atoms with Crippen LogP contribution in [0.5, 0.6) is 0 Å². The Hall–Kier alpha value is -1.36. The van der Waals surface area contributed by atoms with E-state index in [9.17, 15) is 4.57 Å². The highest BCUT2D eigenvalue weighted by molar-refractivity contribution is 7.33. The normalized spacial score (nSPS) is 9.76. The summed E-state index contributed by atoms with van der Waals surface area (Å²) in [4.78, 5) is 0. The highest BCUT2D eigenvalue weighted by Gasteiger charge is 2.15. The summed E-state index contributed by atoms with van der Waals surface area (Å²) in [6.45, 7) is 4.42. The zero-order valence-corrected chi connectivity index (χ0v) is 10.7. The average Bonchev–Trinajstić information content (AvgIpc) is 2.78. The van der Waals surface area contributed by atoms with Gasteiger partial charge in [-0.1, -0.05) is 12.1 Å². The maximum Gasteiger partial charge on any atom is 0.697 e. The summed E-state index contributed by atoms with van der Waals surface area (Å²) in [7, 11) is -1.83. The first-order valence-electron chi connectivity index (χ1n) is 5.26. The van der Waals surface area contributed by atoms with Crippen LogP contribution < -0.4 is 0 Å². The molecule has 7 heteroatoms. The Bertz CT molecular complexity index is 423. The molecule has 0 saturated heterocycles. The Morgan fingerprint density at radius 2 is 1.59 bits per heavy atom. The molecule has 1 aromatic heterocycles. The van der Waals surface area contributed by atoms with E-state index in [0.717, 1.165) is 11.0 Å². The summed E-state index contributed by atoms with van der Waals surface area (Å²) in [5, 5.41) is 10.3. The number of nitrogens with zero attached hydrogens (tertiary/aromatic N) is 2. The minimum absolute atomic E-state index is 0.440. The zero-order valence-electron chi connectivity index (χ0n) is 9.79. The predicted octanol–water partition coefficient (Wildman–Crippen LogP) is 2.67. The molecule has 0 bridgehead atoms. The molecular weight excluding hydrogens is 241 g/mol. The summed E-state index contributed by atoms with van der Waals surface area (Å²) >= 11 is 0. The second-order valence-electron chi connectivity index (χ2n) is 2.87. The van der Waals surface area contributed by atoms with Gasteiger partial charge in [0.25, 0.3) is 0 Å². The van der Waals surface area contributed by atoms with Crippen molar-refractivity contribution in [3.8, 4) is 0 Å². The van der Waals surface area contributed by atoms with Gasteiger partial charge >= 0.3 is 8.25 Å². The smallest absolute Gasteiger partial charge is 0.197 e. The lowest BCUT2D eigenvalue weighted by molar-refractivity contribution is 0.243. The third-order valence-corrected chi connectivity index (χ3v) is 2.63. The second kappa shape index (κ2) is 7.84. The Balaban J connectivity index is 0.000000172. The van der Waals surface area contributed by atoms with Crippen LogP contribution in [0.1, 0.15) is 13.8 Å². The third-order valence-electron chi connectivity index (χ3n) is 1.69. The van der Waals surface area contributed by atoms with Gasteiger partial charge in [-0.25, -0.2) is 0 Å². The van der Waals surface area contributed by atoms with Crippen LogP contribution >= 0.6 is 8.25 Å². The van der Waals surface area contributed by atoms with Crippen LogP contribution in [-0.2, 0) is 13.6 Å². The number of fused-ring (bicyclic) bond motifs is 1. The average molecular weight is 256 g/mol. The van der Waals surface area contributed by atoms with Crippen molar-refractivity contribution in [3.63, 3.8) is 0 Å². The van der Waals surface area contributed by atoms with Gasteiger partial charge in [-0.05, 0) is 26.0 Å². The van der Waals surface area contributed by atoms with Crippen LogP contribution in [0.2, 0.25) is 0 Å². The molecule has 0 radical (unpaired) electrons. The molecule has 1 heterocycles. The van der Waals surface area contributed by atoms with Gasteiger partial charge in [0, 0.05) is 4.57 Å². The fraction of sp³-hybridized carbons (Fsp3) is 0.400. The molecule has 0 amide bonds. The van der Waals surface area contributed by atoms with Crippen molar-refractivity contribution in [2.24, 2.45) is 0 Å². The first kappa shape index (κ1) is 13.7. The van der Waals surface area contributed by atoms with Gasteiger partial charge in [-0.2, -0.15) is 15.4 Å². The van der Waals surface area contributed by atoms with Gasteiger partial charge in [0.15, 0.2) is 0 Å². The third kappa shape index (κ3) is 4.99. The molecule has 0 aliphatic rings. The van der Waals surface area contributed by atoms with Crippen LogP contribution in [0.3, 0.4) is 0 Å². The maximum atomic E-state index is 10.3. The fourth-order valence-corrected chi connectivity index (χ4v) is 1.53. The fourth-order valence-electron chi connectivity index (χ4n) is 1.03. The lowest BCUT2D eigenvalue weighted by Gasteiger charge is -1.78. The molecule has 2 rings (SSSR count). The molecule has 0 spiro atoms. The topological polar surface area (TPSA) is 77.1 Å². The van der Waals surface area contributed by atoms with Gasteiger partial charge in [-0.3, -0.25) is 0 Å². The van der Waals surface area contributed by atoms with Crippen molar-refractivity contribution >= 4 is 19.3 Å². The number of hydrogen-bond donors (Lipinski definition) is 1. The molecule has 1 N–H and O–H groups in total. The molecule has 92 valence electrons. The molecule has 1 aromatic carbocycles. The standard InChI is InChI=1S/C6H5N3.C4H10O3P/c1-2-4-6-5(3-1)7-9-8-6;1-3-6-8(5)7-4-2/h1-4H,(H,7,8,9);3-4H2,1-2H3/q;+1. The SMILES string of the molecule is CCO[P+](=O)OCC.c1ccc2n[nH]nc2c1. The number of aromatic nitrogens is 3. The van der Waals surface area contributed by atoms with Crippen molar-refractivity contribution < 1.29 is 13.6 Å². The zero-order chi connectivity index (χ0) is 12.5. The minimum Gasteiger partial charge on any atom is -0.197 e. The quantitative estimate of drug-likeness (QED) is 0.851. The second-order valence-corrected chi connectivity index (χ2v) is 3.84. The molecule has 0 aliphatic carbocycles. The van der Waals surface area contributed by atoms with E-state index in [0.29, 0.717) is 13.2 Å². The Labute approximate surface area is 100 Å². The Morgan fingerprint density at radius 1 is 1.12 bits per heavy atom. The monoisotopic (exact) mass is 256 g/mol. The molecule has 17 heavy (non-hydrogen) atoms. The van der Waals surface area contributed by atoms with E-state index in [-0.39, 0.29) is 0 Å². The summed E-state index contributed by atoms with van der Waals surface area (Å²) in [5.74, 6) is 0. The lowest BCUT2D eigenvalue weighted by atomic mass is 10.3. The number of H-pyrrole nitrogens is 1. The highest BCUT2D eigenvalue weighted by atomic mass is 31.1. The molecule has 0 aliphatic heterocycles. The first-order valence-corrected chi connectivity index (χ1v) is 6.36. The van der Waals surface area contributed by atoms with Crippen molar-refractivity contribution in [2.45, 2.75) is 13.8 Å². The van der Waals surface area contributed by atoms with Crippen LogP contribution in [-0.4, -0.2) is 28.6 Å². The molecule has 0 fully saturated rings. The number of benzene rings is 1. The van der Waals surface area contributed by atoms with Crippen LogP contribution in [0.25, 0.3) is 11.0 Å². The van der Waals surface area contributed by atoms with Gasteiger partial charge < -0.3 is 0 Å². The van der Waals surface area contributed by atoms with Crippen LogP contribution in [0.4, 0.5) is 0 Å². The largest absolute Gasteiger partial charge is 0.697 e. The van der Waals surface area contributed by atoms with Gasteiger partial charge in [-0.15, -0.1) is 9.05 Å². The van der Waals surface area contributed by atoms with E-state index in [1.807, 2.05) is 24.3 Å². The number of hydrogen-bond acceptors (Lipinski definition) is 5. The number of nitrogens with one attached hydrogen (secondary N) is 1. The molecule has 2 aromatic rings. The molecular formula is C10H15N3O3P+. The molecule has 0 atom stereocenters. The van der Waals surface area contributed by atoms with E-state index >= 15 is 0 Å². The van der Waals surface area contributed by atoms with Crippen LogP contribution in [0.15, 0.2) is 24.3 Å². The summed E-state index contributed by atoms with van der Waals surface area (Å²) in [6.07, 6.45) is 0. The first-order chi connectivity index (χ1) is 8.27. The minimum atomic E-state index is -1.83. The number of rotatable bonds is 4. The summed E-state index contributed by atoms with van der Waals surface area (Å²) < 4.78 is 19.5. The van der Waals surface area contributed by atoms with Gasteiger partial charge in [0.2, 0.25) is 0 Å². The summed E-state index contributed by atoms with van der Waals surface area (Å²) in [6, 6.07) is 7.70. The summed E-state index contributed by atoms with van der Waals surface area (Å²) in [5.41, 5.74) is 1.83. The lowest BCUT2D eigenvalue weighted by Crippen LogP contribution is -1.81. The maximum absolute atomic E-state index is 10.3. The highest BCUT2D eigenvalue weighted by Crippen LogP contribution is 2.21. The van der Waals surface area contributed by atoms with Crippen molar-refractivity contribution in [1.82, 2.24) is 15.4 Å². The van der Waals surface area contributed by atoms with Gasteiger partial charge in [0.1, 0.15) is 24.2 Å². The molecule has 0 saturated carbocycles. The number of para-hydroxylation sites is 2. The van der Waals surface area contributed by atoms with E-state index < -0.39 is 8.25 Å². The van der Waals surface area contributed by atoms with Crippen molar-refractivity contribution in [3.05, 3.63) is 24.3 Å². The number of aromatic amines is 1. The van der Waals surface area contributed by atoms with Crippen molar-refractivity contribution in [2.75, 3.05) is 13.2 Å². The van der Waals surface area contributed by atoms with E-state index in [2.05, 4.69) is 24.5 Å². The van der Waals surface area contributed by atoms with Crippen LogP contribution in [0, 0.1) is 0 Å². The predicted molar refractivity (Wildman–Crippen MR) is 64.7 cm³/mol. The Morgan fingerprint density at radius 3 is 2.00 bits per heavy atom.